The van der Waals surface area contributed by atoms with E-state index in [-0.39, 0.29) is 5.41 Å². The molecule has 2 saturated heterocycles. The quantitative estimate of drug-likeness (QED) is 0.825. The maximum Gasteiger partial charge on any atom is 0.226 e. The van der Waals surface area contributed by atoms with Gasteiger partial charge >= 0.3 is 0 Å². The Labute approximate surface area is 123 Å². The van der Waals surface area contributed by atoms with Gasteiger partial charge in [-0.05, 0) is 59.2 Å². The number of likely N-dealkylation sites (tertiary alicyclic amines) is 1. The Morgan fingerprint density at radius 1 is 1.40 bits per heavy atom. The molecule has 20 heavy (non-hydrogen) atoms. The number of carbonyl (C=O) groups is 1. The minimum Gasteiger partial charge on any atom is -0.353 e. The van der Waals surface area contributed by atoms with E-state index in [0.717, 1.165) is 58.2 Å². The normalized spacial score (nSPS) is 30.9. The van der Waals surface area contributed by atoms with Crippen LogP contribution in [0.1, 0.15) is 52.4 Å². The summed E-state index contributed by atoms with van der Waals surface area (Å²) in [4.78, 5) is 15.2. The molecule has 0 aliphatic carbocycles. The Kier molecular flexibility index (Phi) is 5.44. The second-order valence-electron chi connectivity index (χ2n) is 6.80. The molecule has 2 unspecified atom stereocenters. The molecule has 0 bridgehead atoms. The van der Waals surface area contributed by atoms with E-state index in [4.69, 9.17) is 0 Å². The van der Waals surface area contributed by atoms with Crippen LogP contribution in [0.15, 0.2) is 0 Å². The number of nitrogens with zero attached hydrogens (tertiary/aromatic N) is 1. The van der Waals surface area contributed by atoms with E-state index in [1.54, 1.807) is 0 Å². The third kappa shape index (κ3) is 3.53. The summed E-state index contributed by atoms with van der Waals surface area (Å²) in [5, 5.41) is 6.75. The van der Waals surface area contributed by atoms with Crippen LogP contribution in [0.5, 0.6) is 0 Å². The van der Waals surface area contributed by atoms with Gasteiger partial charge in [0.15, 0.2) is 0 Å². The number of hydrogen-bond donors (Lipinski definition) is 2. The first kappa shape index (κ1) is 15.8. The van der Waals surface area contributed by atoms with Gasteiger partial charge in [-0.2, -0.15) is 0 Å². The monoisotopic (exact) mass is 281 g/mol. The number of carbonyl (C=O) groups excluding carboxylic acids is 1. The lowest BCUT2D eigenvalue weighted by molar-refractivity contribution is -0.134. The highest BCUT2D eigenvalue weighted by Gasteiger charge is 2.39. The SMILES string of the molecule is CCCC1(C(=O)NC2CCN(C)C(C)C2)CCNCC1. The summed E-state index contributed by atoms with van der Waals surface area (Å²) < 4.78 is 0. The van der Waals surface area contributed by atoms with Gasteiger partial charge in [0.25, 0.3) is 0 Å². The summed E-state index contributed by atoms with van der Waals surface area (Å²) in [6.45, 7) is 7.50. The third-order valence-electron chi connectivity index (χ3n) is 5.31. The molecule has 4 heteroatoms. The molecule has 2 heterocycles. The molecule has 1 amide bonds. The van der Waals surface area contributed by atoms with Crippen molar-refractivity contribution in [1.82, 2.24) is 15.5 Å². The van der Waals surface area contributed by atoms with Gasteiger partial charge in [-0.25, -0.2) is 0 Å². The predicted octanol–water partition coefficient (Wildman–Crippen LogP) is 1.76. The number of hydrogen-bond acceptors (Lipinski definition) is 3. The van der Waals surface area contributed by atoms with E-state index >= 15 is 0 Å². The Morgan fingerprint density at radius 2 is 2.10 bits per heavy atom. The number of nitrogens with one attached hydrogen (secondary N) is 2. The summed E-state index contributed by atoms with van der Waals surface area (Å²) in [5.41, 5.74) is -0.105. The molecule has 4 nitrogen and oxygen atoms in total. The van der Waals surface area contributed by atoms with Crippen molar-refractivity contribution in [2.45, 2.75) is 64.5 Å². The summed E-state index contributed by atoms with van der Waals surface area (Å²) in [7, 11) is 2.17. The van der Waals surface area contributed by atoms with Gasteiger partial charge in [0.05, 0.1) is 5.41 Å². The summed E-state index contributed by atoms with van der Waals surface area (Å²) in [6.07, 6.45) is 6.29. The van der Waals surface area contributed by atoms with Gasteiger partial charge in [0.1, 0.15) is 0 Å². The molecule has 116 valence electrons. The summed E-state index contributed by atoms with van der Waals surface area (Å²) in [5.74, 6) is 0.322. The third-order valence-corrected chi connectivity index (χ3v) is 5.31. The Balaban J connectivity index is 1.94. The lowest BCUT2D eigenvalue weighted by Crippen LogP contribution is -2.53. The Hall–Kier alpha value is -0.610. The second-order valence-corrected chi connectivity index (χ2v) is 6.80. The van der Waals surface area contributed by atoms with Crippen LogP contribution in [0.2, 0.25) is 0 Å². The van der Waals surface area contributed by atoms with Crippen molar-refractivity contribution in [3.05, 3.63) is 0 Å². The first-order chi connectivity index (χ1) is 9.57. The molecule has 2 aliphatic heterocycles. The zero-order chi connectivity index (χ0) is 14.6. The molecule has 0 aromatic heterocycles. The number of amides is 1. The summed E-state index contributed by atoms with van der Waals surface area (Å²) >= 11 is 0. The van der Waals surface area contributed by atoms with E-state index in [0.29, 0.717) is 18.0 Å². The van der Waals surface area contributed by atoms with Gasteiger partial charge in [-0.15, -0.1) is 0 Å². The van der Waals surface area contributed by atoms with Crippen molar-refractivity contribution in [2.75, 3.05) is 26.7 Å². The zero-order valence-electron chi connectivity index (χ0n) is 13.4. The topological polar surface area (TPSA) is 44.4 Å². The van der Waals surface area contributed by atoms with E-state index in [1.165, 1.54) is 0 Å². The fourth-order valence-electron chi connectivity index (χ4n) is 3.73. The fourth-order valence-corrected chi connectivity index (χ4v) is 3.73. The molecule has 2 aliphatic rings. The van der Waals surface area contributed by atoms with Crippen molar-refractivity contribution in [3.63, 3.8) is 0 Å². The highest BCUT2D eigenvalue weighted by atomic mass is 16.2. The van der Waals surface area contributed by atoms with Crippen LogP contribution in [0.25, 0.3) is 0 Å². The van der Waals surface area contributed by atoms with Gasteiger partial charge in [-0.1, -0.05) is 13.3 Å². The molecule has 2 rings (SSSR count). The van der Waals surface area contributed by atoms with Gasteiger partial charge in [0.2, 0.25) is 5.91 Å². The molecular weight excluding hydrogens is 250 g/mol. The Bertz CT molecular complexity index is 320. The van der Waals surface area contributed by atoms with E-state index in [9.17, 15) is 4.79 Å². The average Bonchev–Trinajstić information content (AvgIpc) is 2.44. The average molecular weight is 281 g/mol. The number of piperidine rings is 2. The molecule has 2 N–H and O–H groups in total. The van der Waals surface area contributed by atoms with Crippen LogP contribution in [0.3, 0.4) is 0 Å². The van der Waals surface area contributed by atoms with Crippen LogP contribution < -0.4 is 10.6 Å². The zero-order valence-corrected chi connectivity index (χ0v) is 13.4. The van der Waals surface area contributed by atoms with Crippen LogP contribution in [-0.4, -0.2) is 49.6 Å². The molecular formula is C16H31N3O. The molecule has 0 aromatic rings. The maximum absolute atomic E-state index is 12.8. The fraction of sp³-hybridized carbons (Fsp3) is 0.938. The van der Waals surface area contributed by atoms with Crippen molar-refractivity contribution < 1.29 is 4.79 Å². The molecule has 0 radical (unpaired) electrons. The van der Waals surface area contributed by atoms with Gasteiger partial charge in [-0.3, -0.25) is 4.79 Å². The standard InChI is InChI=1S/C16H31N3O/c1-4-6-16(7-9-17-10-8-16)15(20)18-14-5-11-19(3)13(2)12-14/h13-14,17H,4-12H2,1-3H3,(H,18,20). The highest BCUT2D eigenvalue weighted by molar-refractivity contribution is 5.83. The Morgan fingerprint density at radius 3 is 2.70 bits per heavy atom. The van der Waals surface area contributed by atoms with Crippen molar-refractivity contribution in [2.24, 2.45) is 5.41 Å². The van der Waals surface area contributed by atoms with Crippen LogP contribution >= 0.6 is 0 Å². The van der Waals surface area contributed by atoms with Crippen molar-refractivity contribution in [1.29, 1.82) is 0 Å². The van der Waals surface area contributed by atoms with E-state index in [2.05, 4.69) is 36.4 Å². The van der Waals surface area contributed by atoms with Crippen LogP contribution in [0.4, 0.5) is 0 Å². The smallest absolute Gasteiger partial charge is 0.226 e. The lowest BCUT2D eigenvalue weighted by atomic mass is 9.74. The van der Waals surface area contributed by atoms with Crippen LogP contribution in [0, 0.1) is 5.41 Å². The molecule has 0 spiro atoms. The van der Waals surface area contributed by atoms with E-state index in [1.807, 2.05) is 0 Å². The summed E-state index contributed by atoms with van der Waals surface area (Å²) in [6, 6.07) is 0.946. The largest absolute Gasteiger partial charge is 0.353 e. The maximum atomic E-state index is 12.8. The molecule has 2 atom stereocenters. The molecule has 0 saturated carbocycles. The number of rotatable bonds is 4. The van der Waals surface area contributed by atoms with Crippen molar-refractivity contribution >= 4 is 5.91 Å². The van der Waals surface area contributed by atoms with Gasteiger partial charge < -0.3 is 15.5 Å². The lowest BCUT2D eigenvalue weighted by Gasteiger charge is -2.40. The van der Waals surface area contributed by atoms with Gasteiger partial charge in [0, 0.05) is 18.6 Å². The van der Waals surface area contributed by atoms with E-state index < -0.39 is 0 Å². The first-order valence-electron chi connectivity index (χ1n) is 8.29. The predicted molar refractivity (Wildman–Crippen MR) is 82.7 cm³/mol. The van der Waals surface area contributed by atoms with Crippen LogP contribution in [-0.2, 0) is 4.79 Å². The second kappa shape index (κ2) is 6.90. The minimum absolute atomic E-state index is 0.105. The first-order valence-corrected chi connectivity index (χ1v) is 8.29. The molecule has 2 fully saturated rings. The minimum atomic E-state index is -0.105. The van der Waals surface area contributed by atoms with Crippen molar-refractivity contribution in [3.8, 4) is 0 Å². The molecule has 0 aromatic carbocycles. The highest BCUT2D eigenvalue weighted by Crippen LogP contribution is 2.34.